The molecule has 0 aromatic heterocycles. The predicted octanol–water partition coefficient (Wildman–Crippen LogP) is 1.26. The quantitative estimate of drug-likeness (QED) is 0.849. The number of hydrogen-bond acceptors (Lipinski definition) is 4. The van der Waals surface area contributed by atoms with E-state index < -0.39 is 9.84 Å². The molecular weight excluding hydrogens is 260 g/mol. The molecule has 0 radical (unpaired) electrons. The Balaban J connectivity index is 2.27. The second-order valence-corrected chi connectivity index (χ2v) is 8.94. The molecule has 1 saturated heterocycles. The molecule has 1 aliphatic carbocycles. The van der Waals surface area contributed by atoms with Gasteiger partial charge >= 0.3 is 0 Å². The average molecular weight is 288 g/mol. The predicted molar refractivity (Wildman–Crippen MR) is 78.8 cm³/mol. The van der Waals surface area contributed by atoms with Gasteiger partial charge in [-0.2, -0.15) is 0 Å². The zero-order chi connectivity index (χ0) is 14.3. The Labute approximate surface area is 117 Å². The summed E-state index contributed by atoms with van der Waals surface area (Å²) in [5.74, 6) is 1.35. The molecule has 0 spiro atoms. The summed E-state index contributed by atoms with van der Waals surface area (Å²) in [6, 6.07) is 0. The molecule has 0 bridgehead atoms. The SMILES string of the molecule is CC1CCN(C2(CN)CCCC2S(C)(=O)=O)CC1C. The molecule has 4 nitrogen and oxygen atoms in total. The fraction of sp³-hybridized carbons (Fsp3) is 1.00. The molecule has 1 heterocycles. The van der Waals surface area contributed by atoms with Crippen LogP contribution in [-0.4, -0.2) is 50.0 Å². The third kappa shape index (κ3) is 2.69. The van der Waals surface area contributed by atoms with Crippen LogP contribution in [0.1, 0.15) is 39.5 Å². The van der Waals surface area contributed by atoms with E-state index in [9.17, 15) is 8.42 Å². The van der Waals surface area contributed by atoms with Gasteiger partial charge < -0.3 is 5.73 Å². The van der Waals surface area contributed by atoms with Crippen molar-refractivity contribution in [2.45, 2.75) is 50.3 Å². The van der Waals surface area contributed by atoms with Gasteiger partial charge in [0.25, 0.3) is 0 Å². The Hall–Kier alpha value is -0.130. The van der Waals surface area contributed by atoms with E-state index in [2.05, 4.69) is 18.7 Å². The molecule has 4 atom stereocenters. The van der Waals surface area contributed by atoms with Crippen LogP contribution in [0.2, 0.25) is 0 Å². The second-order valence-electron chi connectivity index (χ2n) is 6.71. The van der Waals surface area contributed by atoms with Crippen LogP contribution >= 0.6 is 0 Å². The topological polar surface area (TPSA) is 63.4 Å². The Bertz CT molecular complexity index is 423. The highest BCUT2D eigenvalue weighted by atomic mass is 32.2. The molecule has 0 aromatic rings. The molecule has 112 valence electrons. The van der Waals surface area contributed by atoms with E-state index >= 15 is 0 Å². The Kier molecular flexibility index (Phi) is 4.29. The lowest BCUT2D eigenvalue weighted by atomic mass is 9.84. The van der Waals surface area contributed by atoms with Crippen molar-refractivity contribution in [2.75, 3.05) is 25.9 Å². The second kappa shape index (κ2) is 5.34. The first-order chi connectivity index (χ1) is 8.81. The minimum atomic E-state index is -3.02. The van der Waals surface area contributed by atoms with Gasteiger partial charge in [-0.15, -0.1) is 0 Å². The number of nitrogens with zero attached hydrogens (tertiary/aromatic N) is 1. The molecule has 4 unspecified atom stereocenters. The van der Waals surface area contributed by atoms with E-state index in [0.717, 1.165) is 44.7 Å². The lowest BCUT2D eigenvalue weighted by Gasteiger charge is -2.48. The van der Waals surface area contributed by atoms with Crippen molar-refractivity contribution in [2.24, 2.45) is 17.6 Å². The zero-order valence-corrected chi connectivity index (χ0v) is 13.2. The van der Waals surface area contributed by atoms with Crippen LogP contribution in [0.4, 0.5) is 0 Å². The minimum absolute atomic E-state index is 0.273. The molecule has 2 N–H and O–H groups in total. The summed E-state index contributed by atoms with van der Waals surface area (Å²) in [6.45, 7) is 7.01. The largest absolute Gasteiger partial charge is 0.329 e. The summed E-state index contributed by atoms with van der Waals surface area (Å²) in [7, 11) is -3.02. The summed E-state index contributed by atoms with van der Waals surface area (Å²) < 4.78 is 24.2. The molecule has 1 saturated carbocycles. The normalized spacial score (nSPS) is 41.6. The van der Waals surface area contributed by atoms with Crippen LogP contribution < -0.4 is 5.73 Å². The summed E-state index contributed by atoms with van der Waals surface area (Å²) in [6.07, 6.45) is 5.22. The van der Waals surface area contributed by atoms with Crippen molar-refractivity contribution in [3.63, 3.8) is 0 Å². The Morgan fingerprint density at radius 1 is 1.26 bits per heavy atom. The zero-order valence-electron chi connectivity index (χ0n) is 12.4. The van der Waals surface area contributed by atoms with Gasteiger partial charge in [-0.1, -0.05) is 20.3 Å². The van der Waals surface area contributed by atoms with Gasteiger partial charge in [0, 0.05) is 24.9 Å². The van der Waals surface area contributed by atoms with Crippen LogP contribution in [0.5, 0.6) is 0 Å². The van der Waals surface area contributed by atoms with Gasteiger partial charge in [0.05, 0.1) is 5.25 Å². The maximum Gasteiger partial charge on any atom is 0.152 e. The highest BCUT2D eigenvalue weighted by Gasteiger charge is 2.51. The fourth-order valence-corrected chi connectivity index (χ4v) is 5.78. The van der Waals surface area contributed by atoms with Crippen LogP contribution in [0.3, 0.4) is 0 Å². The lowest BCUT2D eigenvalue weighted by molar-refractivity contribution is 0.0362. The maximum absolute atomic E-state index is 12.1. The molecule has 1 aliphatic heterocycles. The summed E-state index contributed by atoms with van der Waals surface area (Å²) >= 11 is 0. The van der Waals surface area contributed by atoms with E-state index in [1.165, 1.54) is 6.26 Å². The van der Waals surface area contributed by atoms with Gasteiger partial charge in [0.2, 0.25) is 0 Å². The molecule has 2 aliphatic rings. The minimum Gasteiger partial charge on any atom is -0.329 e. The van der Waals surface area contributed by atoms with Crippen molar-refractivity contribution in [3.05, 3.63) is 0 Å². The monoisotopic (exact) mass is 288 g/mol. The van der Waals surface area contributed by atoms with E-state index in [1.54, 1.807) is 0 Å². The Morgan fingerprint density at radius 2 is 1.95 bits per heavy atom. The van der Waals surface area contributed by atoms with Crippen LogP contribution in [0.15, 0.2) is 0 Å². The van der Waals surface area contributed by atoms with Crippen molar-refractivity contribution in [1.82, 2.24) is 4.90 Å². The molecule has 19 heavy (non-hydrogen) atoms. The third-order valence-electron chi connectivity index (χ3n) is 5.51. The van der Waals surface area contributed by atoms with Crippen molar-refractivity contribution in [3.8, 4) is 0 Å². The molecule has 0 aromatic carbocycles. The number of hydrogen-bond donors (Lipinski definition) is 1. The smallest absolute Gasteiger partial charge is 0.152 e. The number of nitrogens with two attached hydrogens (primary N) is 1. The van der Waals surface area contributed by atoms with Gasteiger partial charge in [-0.25, -0.2) is 8.42 Å². The van der Waals surface area contributed by atoms with Crippen LogP contribution in [0, 0.1) is 11.8 Å². The van der Waals surface area contributed by atoms with Gasteiger partial charge in [-0.3, -0.25) is 4.90 Å². The molecule has 5 heteroatoms. The summed E-state index contributed by atoms with van der Waals surface area (Å²) in [5, 5.41) is -0.273. The first-order valence-electron chi connectivity index (χ1n) is 7.45. The van der Waals surface area contributed by atoms with Crippen molar-refractivity contribution >= 4 is 9.84 Å². The highest BCUT2D eigenvalue weighted by molar-refractivity contribution is 7.91. The fourth-order valence-electron chi connectivity index (χ4n) is 4.03. The van der Waals surface area contributed by atoms with E-state index in [0.29, 0.717) is 12.5 Å². The van der Waals surface area contributed by atoms with Gasteiger partial charge in [-0.05, 0) is 37.6 Å². The summed E-state index contributed by atoms with van der Waals surface area (Å²) in [4.78, 5) is 2.40. The maximum atomic E-state index is 12.1. The van der Waals surface area contributed by atoms with E-state index in [1.807, 2.05) is 0 Å². The molecule has 2 rings (SSSR count). The first-order valence-corrected chi connectivity index (χ1v) is 9.40. The van der Waals surface area contributed by atoms with Crippen LogP contribution in [0.25, 0.3) is 0 Å². The first kappa shape index (κ1) is 15.3. The summed E-state index contributed by atoms with van der Waals surface area (Å²) in [5.41, 5.74) is 5.76. The molecule has 0 amide bonds. The Morgan fingerprint density at radius 3 is 2.47 bits per heavy atom. The standard InChI is InChI=1S/C14H28N2O2S/c1-11-6-8-16(9-12(11)2)14(10-15)7-4-5-13(14)19(3,17)18/h11-13H,4-10,15H2,1-3H3. The lowest BCUT2D eigenvalue weighted by Crippen LogP contribution is -2.63. The average Bonchev–Trinajstić information content (AvgIpc) is 2.77. The number of piperidine rings is 1. The number of sulfone groups is 1. The highest BCUT2D eigenvalue weighted by Crippen LogP contribution is 2.41. The molecular formula is C14H28N2O2S. The van der Waals surface area contributed by atoms with Crippen molar-refractivity contribution < 1.29 is 8.42 Å². The number of likely N-dealkylation sites (tertiary alicyclic amines) is 1. The van der Waals surface area contributed by atoms with Gasteiger partial charge in [0.1, 0.15) is 0 Å². The van der Waals surface area contributed by atoms with Crippen molar-refractivity contribution in [1.29, 1.82) is 0 Å². The van der Waals surface area contributed by atoms with E-state index in [4.69, 9.17) is 5.73 Å². The van der Waals surface area contributed by atoms with Gasteiger partial charge in [0.15, 0.2) is 9.84 Å². The van der Waals surface area contributed by atoms with E-state index in [-0.39, 0.29) is 10.8 Å². The third-order valence-corrected chi connectivity index (χ3v) is 7.22. The molecule has 2 fully saturated rings. The van der Waals surface area contributed by atoms with Crippen LogP contribution in [-0.2, 0) is 9.84 Å². The number of rotatable bonds is 3.